The third kappa shape index (κ3) is 5.20. The minimum Gasteiger partial charge on any atom is -0.455 e. The van der Waals surface area contributed by atoms with Crippen molar-refractivity contribution in [3.8, 4) is 0 Å². The molecule has 1 aromatic rings. The normalized spacial score (nSPS) is 29.6. The van der Waals surface area contributed by atoms with Gasteiger partial charge in [-0.3, -0.25) is 9.59 Å². The summed E-state index contributed by atoms with van der Waals surface area (Å²) in [6.07, 6.45) is -3.23. The number of carbonyl (C=O) groups excluding carboxylic acids is 2. The highest BCUT2D eigenvalue weighted by Crippen LogP contribution is 2.35. The maximum atomic E-state index is 12.7. The molecule has 0 aliphatic carbocycles. The zero-order chi connectivity index (χ0) is 22.1. The molecule has 2 aliphatic rings. The van der Waals surface area contributed by atoms with Gasteiger partial charge in [-0.25, -0.2) is 0 Å². The molecule has 3 rings (SSSR count). The lowest BCUT2D eigenvalue weighted by Crippen LogP contribution is -2.61. The number of fused-ring (bicyclic) bond motifs is 1. The molecule has 7 heteroatoms. The summed E-state index contributed by atoms with van der Waals surface area (Å²) in [6.45, 7) is 11.0. The third-order valence-electron chi connectivity index (χ3n) is 5.02. The van der Waals surface area contributed by atoms with Gasteiger partial charge in [0, 0.05) is 5.56 Å². The molecule has 0 bridgehead atoms. The molecule has 2 saturated heterocycles. The number of rotatable bonds is 3. The topological polar surface area (TPSA) is 80.3 Å². The summed E-state index contributed by atoms with van der Waals surface area (Å²) in [5, 5.41) is 0. The smallest absolute Gasteiger partial charge is 0.311 e. The van der Waals surface area contributed by atoms with Crippen LogP contribution in [0.5, 0.6) is 0 Å². The second-order valence-electron chi connectivity index (χ2n) is 9.86. The summed E-state index contributed by atoms with van der Waals surface area (Å²) in [4.78, 5) is 25.2. The molecule has 0 radical (unpaired) electrons. The first-order valence-corrected chi connectivity index (χ1v) is 10.3. The maximum absolute atomic E-state index is 12.7. The molecular formula is C23H32O7. The van der Waals surface area contributed by atoms with Gasteiger partial charge in [0.15, 0.2) is 18.5 Å². The van der Waals surface area contributed by atoms with E-state index in [9.17, 15) is 9.59 Å². The van der Waals surface area contributed by atoms with Crippen LogP contribution < -0.4 is 0 Å². The Morgan fingerprint density at radius 2 is 1.47 bits per heavy atom. The minimum absolute atomic E-state index is 0.105. The predicted molar refractivity (Wildman–Crippen MR) is 108 cm³/mol. The molecule has 30 heavy (non-hydrogen) atoms. The van der Waals surface area contributed by atoms with E-state index in [2.05, 4.69) is 0 Å². The fourth-order valence-corrected chi connectivity index (χ4v) is 3.15. The molecule has 2 aliphatic heterocycles. The van der Waals surface area contributed by atoms with Crippen LogP contribution in [-0.2, 0) is 33.3 Å². The fourth-order valence-electron chi connectivity index (χ4n) is 3.15. The molecule has 7 nitrogen and oxygen atoms in total. The van der Waals surface area contributed by atoms with Gasteiger partial charge in [0.05, 0.1) is 24.0 Å². The molecule has 2 heterocycles. The predicted octanol–water partition coefficient (Wildman–Crippen LogP) is 3.42. The fraction of sp³-hybridized carbons (Fsp3) is 0.652. The molecule has 0 N–H and O–H groups in total. The molecule has 2 fully saturated rings. The Kier molecular flexibility index (Phi) is 6.55. The van der Waals surface area contributed by atoms with E-state index in [1.807, 2.05) is 30.3 Å². The van der Waals surface area contributed by atoms with E-state index in [4.69, 9.17) is 23.7 Å². The van der Waals surface area contributed by atoms with Crippen molar-refractivity contribution in [1.82, 2.24) is 0 Å². The summed E-state index contributed by atoms with van der Waals surface area (Å²) in [6, 6.07) is 9.52. The van der Waals surface area contributed by atoms with Crippen molar-refractivity contribution in [2.45, 2.75) is 72.2 Å². The average Bonchev–Trinajstić information content (AvgIpc) is 2.68. The number of esters is 2. The van der Waals surface area contributed by atoms with Gasteiger partial charge in [0.2, 0.25) is 0 Å². The van der Waals surface area contributed by atoms with Crippen LogP contribution in [0.1, 0.15) is 53.4 Å². The number of benzene rings is 1. The van der Waals surface area contributed by atoms with Crippen LogP contribution in [0.15, 0.2) is 30.3 Å². The zero-order valence-electron chi connectivity index (χ0n) is 18.5. The Morgan fingerprint density at radius 3 is 2.07 bits per heavy atom. The Balaban J connectivity index is 1.84. The van der Waals surface area contributed by atoms with E-state index in [-0.39, 0.29) is 13.2 Å². The Hall–Kier alpha value is -1.96. The van der Waals surface area contributed by atoms with Crippen LogP contribution in [-0.4, -0.2) is 49.6 Å². The highest BCUT2D eigenvalue weighted by molar-refractivity contribution is 5.76. The Bertz CT molecular complexity index is 747. The third-order valence-corrected chi connectivity index (χ3v) is 5.02. The zero-order valence-corrected chi connectivity index (χ0v) is 18.5. The van der Waals surface area contributed by atoms with E-state index >= 15 is 0 Å². The first-order chi connectivity index (χ1) is 14.0. The molecular weight excluding hydrogens is 388 g/mol. The van der Waals surface area contributed by atoms with E-state index in [0.717, 1.165) is 5.56 Å². The summed E-state index contributed by atoms with van der Waals surface area (Å²) >= 11 is 0. The number of ether oxygens (including phenoxy) is 5. The molecule has 0 amide bonds. The van der Waals surface area contributed by atoms with E-state index in [1.165, 1.54) is 0 Å². The van der Waals surface area contributed by atoms with Crippen molar-refractivity contribution in [2.24, 2.45) is 10.8 Å². The maximum Gasteiger partial charge on any atom is 0.311 e. The van der Waals surface area contributed by atoms with Crippen molar-refractivity contribution >= 4 is 11.9 Å². The van der Waals surface area contributed by atoms with Crippen molar-refractivity contribution in [3.63, 3.8) is 0 Å². The first kappa shape index (κ1) is 22.7. The molecule has 166 valence electrons. The van der Waals surface area contributed by atoms with Gasteiger partial charge >= 0.3 is 11.9 Å². The first-order valence-electron chi connectivity index (χ1n) is 10.3. The average molecular weight is 421 g/mol. The molecule has 1 aromatic carbocycles. The highest BCUT2D eigenvalue weighted by Gasteiger charge is 2.50. The quantitative estimate of drug-likeness (QED) is 0.693. The van der Waals surface area contributed by atoms with Crippen LogP contribution in [0.25, 0.3) is 0 Å². The molecule has 0 saturated carbocycles. The summed E-state index contributed by atoms with van der Waals surface area (Å²) in [5.41, 5.74) is -0.555. The van der Waals surface area contributed by atoms with Crippen molar-refractivity contribution < 1.29 is 33.3 Å². The van der Waals surface area contributed by atoms with Gasteiger partial charge < -0.3 is 23.7 Å². The standard InChI is InChI=1S/C23H32O7/c1-22(2,3)20(24)28-16-13-26-15-12-27-19(14-10-8-7-9-11-14)29-17(15)18(16)30-21(25)23(4,5)6/h7-11,15-19H,12-13H2,1-6H3/t15-,16+,17-,18-,19?/m1/s1. The summed E-state index contributed by atoms with van der Waals surface area (Å²) in [7, 11) is 0. The van der Waals surface area contributed by atoms with Gasteiger partial charge in [-0.1, -0.05) is 30.3 Å². The largest absolute Gasteiger partial charge is 0.455 e. The molecule has 0 aromatic heterocycles. The number of hydrogen-bond acceptors (Lipinski definition) is 7. The van der Waals surface area contributed by atoms with Crippen molar-refractivity contribution in [3.05, 3.63) is 35.9 Å². The monoisotopic (exact) mass is 420 g/mol. The van der Waals surface area contributed by atoms with Crippen molar-refractivity contribution in [1.29, 1.82) is 0 Å². The van der Waals surface area contributed by atoms with E-state index < -0.39 is 53.5 Å². The Morgan fingerprint density at radius 1 is 0.867 bits per heavy atom. The van der Waals surface area contributed by atoms with Gasteiger partial charge in [0.1, 0.15) is 12.2 Å². The number of carbonyl (C=O) groups is 2. The summed E-state index contributed by atoms with van der Waals surface area (Å²) in [5.74, 6) is -0.783. The highest BCUT2D eigenvalue weighted by atomic mass is 16.7. The van der Waals surface area contributed by atoms with Crippen LogP contribution in [0.3, 0.4) is 0 Å². The lowest BCUT2D eigenvalue weighted by atomic mass is 9.94. The van der Waals surface area contributed by atoms with Gasteiger partial charge in [0.25, 0.3) is 0 Å². The van der Waals surface area contributed by atoms with Gasteiger partial charge in [-0.2, -0.15) is 0 Å². The number of hydrogen-bond donors (Lipinski definition) is 0. The van der Waals surface area contributed by atoms with Crippen LogP contribution in [0.4, 0.5) is 0 Å². The molecule has 5 atom stereocenters. The second-order valence-corrected chi connectivity index (χ2v) is 9.86. The molecule has 0 spiro atoms. The summed E-state index contributed by atoms with van der Waals surface area (Å²) < 4.78 is 29.5. The molecule has 1 unspecified atom stereocenters. The lowest BCUT2D eigenvalue weighted by molar-refractivity contribution is -0.318. The Labute approximate surface area is 178 Å². The van der Waals surface area contributed by atoms with E-state index in [1.54, 1.807) is 41.5 Å². The lowest BCUT2D eigenvalue weighted by Gasteiger charge is -2.46. The SMILES string of the molecule is CC(C)(C)C(=O)O[C@H]1[C@@H]2OC(c3ccccc3)OC[C@H]2OC[C@@H]1OC(=O)C(C)(C)C. The van der Waals surface area contributed by atoms with Crippen LogP contribution in [0, 0.1) is 10.8 Å². The van der Waals surface area contributed by atoms with Crippen molar-refractivity contribution in [2.75, 3.05) is 13.2 Å². The van der Waals surface area contributed by atoms with Crippen LogP contribution >= 0.6 is 0 Å². The van der Waals surface area contributed by atoms with Crippen LogP contribution in [0.2, 0.25) is 0 Å². The van der Waals surface area contributed by atoms with Gasteiger partial charge in [-0.05, 0) is 41.5 Å². The van der Waals surface area contributed by atoms with E-state index in [0.29, 0.717) is 0 Å². The minimum atomic E-state index is -0.795. The second kappa shape index (κ2) is 8.65. The van der Waals surface area contributed by atoms with Gasteiger partial charge in [-0.15, -0.1) is 0 Å².